The first-order valence-corrected chi connectivity index (χ1v) is 5.62. The summed E-state index contributed by atoms with van der Waals surface area (Å²) in [5, 5.41) is 3.98. The molecule has 4 nitrogen and oxygen atoms in total. The standard InChI is InChI=1S/C11H19N3O/c1-7(2)9-13-10(14-15-9)11(3,12)6-8-4-5-8/h7-8H,4-6,12H2,1-3H3. The van der Waals surface area contributed by atoms with Crippen LogP contribution in [0.3, 0.4) is 0 Å². The van der Waals surface area contributed by atoms with Gasteiger partial charge in [-0.15, -0.1) is 0 Å². The van der Waals surface area contributed by atoms with Crippen LogP contribution in [0.5, 0.6) is 0 Å². The van der Waals surface area contributed by atoms with E-state index in [0.717, 1.165) is 12.3 Å². The minimum absolute atomic E-state index is 0.267. The number of nitrogens with two attached hydrogens (primary N) is 1. The van der Waals surface area contributed by atoms with Gasteiger partial charge in [-0.05, 0) is 19.3 Å². The van der Waals surface area contributed by atoms with Crippen molar-refractivity contribution in [3.05, 3.63) is 11.7 Å². The maximum Gasteiger partial charge on any atom is 0.229 e. The largest absolute Gasteiger partial charge is 0.339 e. The maximum atomic E-state index is 6.21. The fraction of sp³-hybridized carbons (Fsp3) is 0.818. The lowest BCUT2D eigenvalue weighted by atomic mass is 9.95. The summed E-state index contributed by atoms with van der Waals surface area (Å²) in [6.45, 7) is 6.05. The molecule has 84 valence electrons. The molecule has 1 aliphatic carbocycles. The normalized spacial score (nSPS) is 20.6. The van der Waals surface area contributed by atoms with E-state index in [1.165, 1.54) is 12.8 Å². The Balaban J connectivity index is 2.12. The third kappa shape index (κ3) is 2.37. The topological polar surface area (TPSA) is 64.9 Å². The van der Waals surface area contributed by atoms with Crippen molar-refractivity contribution in [1.29, 1.82) is 0 Å². The number of aromatic nitrogens is 2. The molecule has 1 heterocycles. The minimum Gasteiger partial charge on any atom is -0.339 e. The van der Waals surface area contributed by atoms with Gasteiger partial charge in [-0.2, -0.15) is 4.98 Å². The Labute approximate surface area is 90.2 Å². The van der Waals surface area contributed by atoms with Crippen molar-refractivity contribution in [3.8, 4) is 0 Å². The third-order valence-corrected chi connectivity index (χ3v) is 2.86. The van der Waals surface area contributed by atoms with E-state index in [-0.39, 0.29) is 5.92 Å². The third-order valence-electron chi connectivity index (χ3n) is 2.86. The first-order valence-electron chi connectivity index (χ1n) is 5.62. The Kier molecular flexibility index (Phi) is 2.54. The summed E-state index contributed by atoms with van der Waals surface area (Å²) in [7, 11) is 0. The van der Waals surface area contributed by atoms with Gasteiger partial charge in [0.15, 0.2) is 5.82 Å². The smallest absolute Gasteiger partial charge is 0.229 e. The first kappa shape index (κ1) is 10.6. The van der Waals surface area contributed by atoms with Gasteiger partial charge in [0.1, 0.15) is 0 Å². The predicted molar refractivity (Wildman–Crippen MR) is 57.3 cm³/mol. The highest BCUT2D eigenvalue weighted by Crippen LogP contribution is 2.38. The van der Waals surface area contributed by atoms with E-state index in [1.54, 1.807) is 0 Å². The summed E-state index contributed by atoms with van der Waals surface area (Å²) in [4.78, 5) is 4.36. The zero-order valence-corrected chi connectivity index (χ0v) is 9.66. The molecule has 0 spiro atoms. The van der Waals surface area contributed by atoms with Crippen LogP contribution in [0.1, 0.15) is 57.7 Å². The van der Waals surface area contributed by atoms with Crippen molar-refractivity contribution in [3.63, 3.8) is 0 Å². The molecule has 0 aliphatic heterocycles. The Bertz CT molecular complexity index is 339. The molecule has 4 heteroatoms. The van der Waals surface area contributed by atoms with Gasteiger partial charge in [0.05, 0.1) is 5.54 Å². The van der Waals surface area contributed by atoms with Crippen LogP contribution in [0.2, 0.25) is 0 Å². The molecule has 1 aromatic rings. The predicted octanol–water partition coefficient (Wildman–Crippen LogP) is 2.17. The number of hydrogen-bond acceptors (Lipinski definition) is 4. The van der Waals surface area contributed by atoms with Gasteiger partial charge >= 0.3 is 0 Å². The Morgan fingerprint density at radius 1 is 1.53 bits per heavy atom. The van der Waals surface area contributed by atoms with E-state index in [2.05, 4.69) is 10.1 Å². The van der Waals surface area contributed by atoms with Crippen molar-refractivity contribution in [2.45, 2.75) is 51.5 Å². The van der Waals surface area contributed by atoms with Crippen molar-refractivity contribution in [2.75, 3.05) is 0 Å². The summed E-state index contributed by atoms with van der Waals surface area (Å²) in [6.07, 6.45) is 3.55. The summed E-state index contributed by atoms with van der Waals surface area (Å²) in [5.41, 5.74) is 5.77. The fourth-order valence-electron chi connectivity index (χ4n) is 1.71. The SMILES string of the molecule is CC(C)c1nc(C(C)(N)CC2CC2)no1. The van der Waals surface area contributed by atoms with Crippen molar-refractivity contribution in [2.24, 2.45) is 11.7 Å². The van der Waals surface area contributed by atoms with Crippen LogP contribution in [-0.2, 0) is 5.54 Å². The molecule has 2 N–H and O–H groups in total. The van der Waals surface area contributed by atoms with Gasteiger partial charge in [0.25, 0.3) is 0 Å². The molecule has 1 saturated carbocycles. The van der Waals surface area contributed by atoms with E-state index < -0.39 is 5.54 Å². The van der Waals surface area contributed by atoms with Gasteiger partial charge in [-0.25, -0.2) is 0 Å². The molecule has 2 rings (SSSR count). The van der Waals surface area contributed by atoms with Crippen molar-refractivity contribution >= 4 is 0 Å². The number of rotatable bonds is 4. The molecule has 1 unspecified atom stereocenters. The second-order valence-electron chi connectivity index (χ2n) is 5.18. The molecule has 0 bridgehead atoms. The maximum absolute atomic E-state index is 6.21. The van der Waals surface area contributed by atoms with Crippen molar-refractivity contribution < 1.29 is 4.52 Å². The summed E-state index contributed by atoms with van der Waals surface area (Å²) in [6, 6.07) is 0. The summed E-state index contributed by atoms with van der Waals surface area (Å²) < 4.78 is 5.17. The molecule has 0 aromatic carbocycles. The lowest BCUT2D eigenvalue weighted by Gasteiger charge is -2.19. The quantitative estimate of drug-likeness (QED) is 0.825. The molecule has 1 aromatic heterocycles. The second-order valence-corrected chi connectivity index (χ2v) is 5.18. The minimum atomic E-state index is -0.433. The Hall–Kier alpha value is -0.900. The van der Waals surface area contributed by atoms with Crippen molar-refractivity contribution in [1.82, 2.24) is 10.1 Å². The van der Waals surface area contributed by atoms with Gasteiger partial charge in [0, 0.05) is 5.92 Å². The van der Waals surface area contributed by atoms with Crippen LogP contribution in [0.25, 0.3) is 0 Å². The van der Waals surface area contributed by atoms with Crippen LogP contribution in [-0.4, -0.2) is 10.1 Å². The van der Waals surface area contributed by atoms with Crippen LogP contribution >= 0.6 is 0 Å². The van der Waals surface area contributed by atoms with Gasteiger partial charge in [-0.1, -0.05) is 31.8 Å². The summed E-state index contributed by atoms with van der Waals surface area (Å²) in [5.74, 6) is 2.36. The molecule has 0 saturated heterocycles. The number of hydrogen-bond donors (Lipinski definition) is 1. The summed E-state index contributed by atoms with van der Waals surface area (Å²) >= 11 is 0. The van der Waals surface area contributed by atoms with E-state index in [9.17, 15) is 0 Å². The molecule has 1 aliphatic rings. The van der Waals surface area contributed by atoms with Gasteiger partial charge in [0.2, 0.25) is 5.89 Å². The molecule has 0 amide bonds. The Morgan fingerprint density at radius 2 is 2.20 bits per heavy atom. The lowest BCUT2D eigenvalue weighted by molar-refractivity contribution is 0.335. The zero-order valence-electron chi connectivity index (χ0n) is 9.66. The molecule has 1 atom stereocenters. The molecule has 0 radical (unpaired) electrons. The zero-order chi connectivity index (χ0) is 11.1. The Morgan fingerprint density at radius 3 is 2.67 bits per heavy atom. The highest BCUT2D eigenvalue weighted by molar-refractivity contribution is 5.04. The van der Waals surface area contributed by atoms with Crippen LogP contribution in [0, 0.1) is 5.92 Å². The monoisotopic (exact) mass is 209 g/mol. The molecular weight excluding hydrogens is 190 g/mol. The lowest BCUT2D eigenvalue weighted by Crippen LogP contribution is -2.34. The van der Waals surface area contributed by atoms with E-state index in [4.69, 9.17) is 10.3 Å². The average molecular weight is 209 g/mol. The van der Waals surface area contributed by atoms with Crippen LogP contribution in [0.15, 0.2) is 4.52 Å². The molecule has 1 fully saturated rings. The molecule has 15 heavy (non-hydrogen) atoms. The average Bonchev–Trinajstić information content (AvgIpc) is 2.80. The molecular formula is C11H19N3O. The van der Waals surface area contributed by atoms with Gasteiger partial charge < -0.3 is 10.3 Å². The van der Waals surface area contributed by atoms with E-state index in [1.807, 2.05) is 20.8 Å². The van der Waals surface area contributed by atoms with E-state index >= 15 is 0 Å². The highest BCUT2D eigenvalue weighted by Gasteiger charge is 2.35. The first-order chi connectivity index (χ1) is 6.99. The number of nitrogens with zero attached hydrogens (tertiary/aromatic N) is 2. The fourth-order valence-corrected chi connectivity index (χ4v) is 1.71. The van der Waals surface area contributed by atoms with E-state index in [0.29, 0.717) is 11.7 Å². The van der Waals surface area contributed by atoms with Crippen LogP contribution in [0.4, 0.5) is 0 Å². The second kappa shape index (κ2) is 3.59. The highest BCUT2D eigenvalue weighted by atomic mass is 16.5. The van der Waals surface area contributed by atoms with Gasteiger partial charge in [-0.3, -0.25) is 0 Å². The van der Waals surface area contributed by atoms with Crippen LogP contribution < -0.4 is 5.73 Å².